The Balaban J connectivity index is 2.27. The Morgan fingerprint density at radius 1 is 1.24 bits per heavy atom. The van der Waals surface area contributed by atoms with E-state index in [-0.39, 0.29) is 6.03 Å². The maximum atomic E-state index is 11.9. The number of amides is 2. The molecule has 17 heavy (non-hydrogen) atoms. The van der Waals surface area contributed by atoms with Crippen LogP contribution in [0.2, 0.25) is 0 Å². The molecular formula is C14H28N2O. The van der Waals surface area contributed by atoms with Crippen LogP contribution in [0.4, 0.5) is 4.79 Å². The molecule has 1 aliphatic rings. The van der Waals surface area contributed by atoms with Crippen LogP contribution in [-0.2, 0) is 0 Å². The molecule has 1 rings (SSSR count). The second-order valence-electron chi connectivity index (χ2n) is 5.28. The molecule has 3 heteroatoms. The highest BCUT2D eigenvalue weighted by Crippen LogP contribution is 2.28. The third-order valence-corrected chi connectivity index (χ3v) is 4.07. The average molecular weight is 240 g/mol. The summed E-state index contributed by atoms with van der Waals surface area (Å²) in [5.74, 6) is 0.891. The average Bonchev–Trinajstić information content (AvgIpc) is 2.38. The Morgan fingerprint density at radius 2 is 1.88 bits per heavy atom. The third-order valence-electron chi connectivity index (χ3n) is 4.07. The fourth-order valence-electron chi connectivity index (χ4n) is 2.60. The van der Waals surface area contributed by atoms with Crippen molar-refractivity contribution in [3.63, 3.8) is 0 Å². The van der Waals surface area contributed by atoms with Gasteiger partial charge in [0.05, 0.1) is 0 Å². The lowest BCUT2D eigenvalue weighted by Crippen LogP contribution is -2.45. The van der Waals surface area contributed by atoms with Gasteiger partial charge in [-0.05, 0) is 38.0 Å². The minimum atomic E-state index is 0.110. The van der Waals surface area contributed by atoms with Gasteiger partial charge in [0.2, 0.25) is 0 Å². The van der Waals surface area contributed by atoms with Crippen molar-refractivity contribution < 1.29 is 4.79 Å². The SMILES string of the molecule is CCCCNC(=O)N(C)C1CCC(CC)CC1. The van der Waals surface area contributed by atoms with Crippen LogP contribution in [0.3, 0.4) is 0 Å². The fourth-order valence-corrected chi connectivity index (χ4v) is 2.60. The van der Waals surface area contributed by atoms with Gasteiger partial charge in [0, 0.05) is 19.6 Å². The van der Waals surface area contributed by atoms with Crippen LogP contribution >= 0.6 is 0 Å². The zero-order valence-electron chi connectivity index (χ0n) is 11.7. The first-order valence-electron chi connectivity index (χ1n) is 7.19. The van der Waals surface area contributed by atoms with Gasteiger partial charge in [0.25, 0.3) is 0 Å². The zero-order valence-corrected chi connectivity index (χ0v) is 11.7. The summed E-state index contributed by atoms with van der Waals surface area (Å²) in [6.07, 6.45) is 8.42. The molecule has 1 aliphatic carbocycles. The van der Waals surface area contributed by atoms with Gasteiger partial charge in [-0.15, -0.1) is 0 Å². The number of unbranched alkanes of at least 4 members (excludes halogenated alkanes) is 1. The molecular weight excluding hydrogens is 212 g/mol. The smallest absolute Gasteiger partial charge is 0.317 e. The molecule has 0 aromatic carbocycles. The summed E-state index contributed by atoms with van der Waals surface area (Å²) in [4.78, 5) is 13.8. The van der Waals surface area contributed by atoms with Crippen LogP contribution in [0, 0.1) is 5.92 Å². The Morgan fingerprint density at radius 3 is 2.41 bits per heavy atom. The molecule has 3 nitrogen and oxygen atoms in total. The molecule has 0 aromatic heterocycles. The van der Waals surface area contributed by atoms with Crippen molar-refractivity contribution in [2.75, 3.05) is 13.6 Å². The molecule has 1 N–H and O–H groups in total. The van der Waals surface area contributed by atoms with Gasteiger partial charge in [-0.3, -0.25) is 0 Å². The molecule has 0 heterocycles. The Kier molecular flexibility index (Phi) is 6.38. The van der Waals surface area contributed by atoms with E-state index in [9.17, 15) is 4.79 Å². The molecule has 0 unspecified atom stereocenters. The molecule has 0 aliphatic heterocycles. The third kappa shape index (κ3) is 4.57. The van der Waals surface area contributed by atoms with E-state index in [1.165, 1.54) is 32.1 Å². The van der Waals surface area contributed by atoms with Gasteiger partial charge in [-0.25, -0.2) is 4.79 Å². The summed E-state index contributed by atoms with van der Waals surface area (Å²) in [5.41, 5.74) is 0. The molecule has 1 saturated carbocycles. The monoisotopic (exact) mass is 240 g/mol. The predicted octanol–water partition coefficient (Wildman–Crippen LogP) is 3.40. The molecule has 0 saturated heterocycles. The zero-order chi connectivity index (χ0) is 12.7. The van der Waals surface area contributed by atoms with Crippen molar-refractivity contribution in [3.05, 3.63) is 0 Å². The highest BCUT2D eigenvalue weighted by atomic mass is 16.2. The van der Waals surface area contributed by atoms with Crippen molar-refractivity contribution in [1.82, 2.24) is 10.2 Å². The van der Waals surface area contributed by atoms with E-state index in [1.54, 1.807) is 0 Å². The van der Waals surface area contributed by atoms with Gasteiger partial charge in [-0.1, -0.05) is 26.7 Å². The van der Waals surface area contributed by atoms with Crippen LogP contribution < -0.4 is 5.32 Å². The lowest BCUT2D eigenvalue weighted by atomic mass is 9.84. The van der Waals surface area contributed by atoms with Crippen molar-refractivity contribution >= 4 is 6.03 Å². The van der Waals surface area contributed by atoms with E-state index < -0.39 is 0 Å². The topological polar surface area (TPSA) is 32.3 Å². The summed E-state index contributed by atoms with van der Waals surface area (Å²) in [6, 6.07) is 0.567. The number of carbonyl (C=O) groups is 1. The van der Waals surface area contributed by atoms with Crippen molar-refractivity contribution in [3.8, 4) is 0 Å². The van der Waals surface area contributed by atoms with E-state index >= 15 is 0 Å². The molecule has 2 amide bonds. The van der Waals surface area contributed by atoms with Crippen molar-refractivity contribution in [1.29, 1.82) is 0 Å². The van der Waals surface area contributed by atoms with E-state index in [4.69, 9.17) is 0 Å². The molecule has 1 fully saturated rings. The van der Waals surface area contributed by atoms with E-state index in [0.717, 1.165) is 25.3 Å². The molecule has 0 radical (unpaired) electrons. The minimum absolute atomic E-state index is 0.110. The normalized spacial score (nSPS) is 24.4. The lowest BCUT2D eigenvalue weighted by Gasteiger charge is -2.34. The van der Waals surface area contributed by atoms with E-state index in [2.05, 4.69) is 19.2 Å². The van der Waals surface area contributed by atoms with Crippen LogP contribution in [-0.4, -0.2) is 30.6 Å². The maximum Gasteiger partial charge on any atom is 0.317 e. The standard InChI is InChI=1S/C14H28N2O/c1-4-6-11-15-14(17)16(3)13-9-7-12(5-2)8-10-13/h12-13H,4-11H2,1-3H3,(H,15,17). The van der Waals surface area contributed by atoms with Gasteiger partial charge in [0.15, 0.2) is 0 Å². The van der Waals surface area contributed by atoms with Crippen LogP contribution in [0.1, 0.15) is 58.8 Å². The number of hydrogen-bond donors (Lipinski definition) is 1. The summed E-state index contributed by atoms with van der Waals surface area (Å²) in [7, 11) is 1.94. The first-order chi connectivity index (χ1) is 8.19. The van der Waals surface area contributed by atoms with Crippen molar-refractivity contribution in [2.45, 2.75) is 64.8 Å². The quantitative estimate of drug-likeness (QED) is 0.734. The Hall–Kier alpha value is -0.730. The summed E-state index contributed by atoms with van der Waals surface area (Å²) >= 11 is 0. The molecule has 0 atom stereocenters. The minimum Gasteiger partial charge on any atom is -0.338 e. The highest BCUT2D eigenvalue weighted by molar-refractivity contribution is 5.74. The summed E-state index contributed by atoms with van der Waals surface area (Å²) < 4.78 is 0. The number of carbonyl (C=O) groups excluding carboxylic acids is 1. The second-order valence-corrected chi connectivity index (χ2v) is 5.28. The van der Waals surface area contributed by atoms with Crippen LogP contribution in [0.5, 0.6) is 0 Å². The number of nitrogens with zero attached hydrogens (tertiary/aromatic N) is 1. The first-order valence-corrected chi connectivity index (χ1v) is 7.19. The Bertz CT molecular complexity index is 222. The van der Waals surface area contributed by atoms with Gasteiger partial charge in [-0.2, -0.15) is 0 Å². The molecule has 0 spiro atoms. The van der Waals surface area contributed by atoms with E-state index in [1.807, 2.05) is 11.9 Å². The second kappa shape index (κ2) is 7.57. The highest BCUT2D eigenvalue weighted by Gasteiger charge is 2.25. The number of nitrogens with one attached hydrogen (secondary N) is 1. The molecule has 100 valence electrons. The summed E-state index contributed by atoms with van der Waals surface area (Å²) in [5, 5.41) is 2.99. The summed E-state index contributed by atoms with van der Waals surface area (Å²) in [6.45, 7) is 5.22. The van der Waals surface area contributed by atoms with E-state index in [0.29, 0.717) is 6.04 Å². The number of hydrogen-bond acceptors (Lipinski definition) is 1. The lowest BCUT2D eigenvalue weighted by molar-refractivity contribution is 0.160. The van der Waals surface area contributed by atoms with Gasteiger partial charge < -0.3 is 10.2 Å². The number of rotatable bonds is 5. The van der Waals surface area contributed by atoms with Gasteiger partial charge in [0.1, 0.15) is 0 Å². The fraction of sp³-hybridized carbons (Fsp3) is 0.929. The maximum absolute atomic E-state index is 11.9. The van der Waals surface area contributed by atoms with Gasteiger partial charge >= 0.3 is 6.03 Å². The van der Waals surface area contributed by atoms with Crippen molar-refractivity contribution in [2.24, 2.45) is 5.92 Å². The van der Waals surface area contributed by atoms with Crippen LogP contribution in [0.25, 0.3) is 0 Å². The largest absolute Gasteiger partial charge is 0.338 e. The number of urea groups is 1. The Labute approximate surface area is 106 Å². The molecule has 0 aromatic rings. The molecule has 0 bridgehead atoms. The first kappa shape index (κ1) is 14.3. The van der Waals surface area contributed by atoms with Crippen LogP contribution in [0.15, 0.2) is 0 Å². The predicted molar refractivity (Wildman–Crippen MR) is 72.1 cm³/mol.